The molecule has 3 rings (SSSR count). The molecule has 3 aromatic rings. The van der Waals surface area contributed by atoms with Gasteiger partial charge in [0.2, 0.25) is 0 Å². The van der Waals surface area contributed by atoms with Crippen molar-refractivity contribution in [3.63, 3.8) is 0 Å². The van der Waals surface area contributed by atoms with E-state index >= 15 is 0 Å². The molecule has 0 atom stereocenters. The van der Waals surface area contributed by atoms with Crippen molar-refractivity contribution in [3.8, 4) is 23.0 Å². The maximum absolute atomic E-state index is 11.5. The quantitative estimate of drug-likeness (QED) is 0.400. The number of aromatic nitrogens is 2. The molecule has 1 aromatic heterocycles. The van der Waals surface area contributed by atoms with Crippen molar-refractivity contribution in [1.82, 2.24) is 9.97 Å². The van der Waals surface area contributed by atoms with Gasteiger partial charge in [-0.1, -0.05) is 0 Å². The molecule has 0 N–H and O–H groups in total. The molecular weight excluding hydrogens is 415 g/mol. The van der Waals surface area contributed by atoms with E-state index in [4.69, 9.17) is 9.47 Å². The normalized spacial score (nSPS) is 11.0. The van der Waals surface area contributed by atoms with Gasteiger partial charge in [-0.25, -0.2) is 0 Å². The third-order valence-electron chi connectivity index (χ3n) is 4.30. The maximum atomic E-state index is 11.5. The number of carbonyl (C=O) groups is 1. The van der Waals surface area contributed by atoms with Crippen LogP contribution in [0.2, 0.25) is 5.21 Å². The van der Waals surface area contributed by atoms with Gasteiger partial charge in [-0.15, -0.1) is 0 Å². The fraction of sp³-hybridized carbons (Fsp3) is 0.227. The van der Waals surface area contributed by atoms with Gasteiger partial charge in [0.25, 0.3) is 0 Å². The summed E-state index contributed by atoms with van der Waals surface area (Å²) >= 11 is -0.113. The topological polar surface area (TPSA) is 61.3 Å². The molecule has 143 valence electrons. The predicted molar refractivity (Wildman–Crippen MR) is 111 cm³/mol. The number of hydrogen-bond donors (Lipinski definition) is 0. The SMILES string of the molecule is COc1ccc(CC[As]c2cc(-c3ccc(C(C)=O)cc3)nc(OC)n2)cc1. The van der Waals surface area contributed by atoms with Crippen molar-refractivity contribution in [2.45, 2.75) is 18.6 Å². The number of benzene rings is 2. The summed E-state index contributed by atoms with van der Waals surface area (Å²) in [6.07, 6.45) is 0.999. The molecule has 1 radical (unpaired) electrons. The van der Waals surface area contributed by atoms with Crippen LogP contribution in [0.4, 0.5) is 0 Å². The molecular formula is C22H22AsN2O3. The van der Waals surface area contributed by atoms with E-state index in [-0.39, 0.29) is 21.5 Å². The molecule has 0 bridgehead atoms. The second-order valence-electron chi connectivity index (χ2n) is 6.21. The molecule has 1 heterocycles. The van der Waals surface area contributed by atoms with E-state index in [1.807, 2.05) is 42.5 Å². The fourth-order valence-corrected chi connectivity index (χ4v) is 4.73. The first-order chi connectivity index (χ1) is 13.6. The fourth-order valence-electron chi connectivity index (χ4n) is 2.70. The summed E-state index contributed by atoms with van der Waals surface area (Å²) in [4.78, 5) is 20.5. The van der Waals surface area contributed by atoms with Crippen LogP contribution in [0.3, 0.4) is 0 Å². The van der Waals surface area contributed by atoms with Crippen molar-refractivity contribution >= 4 is 26.0 Å². The number of ether oxygens (including phenoxy) is 2. The van der Waals surface area contributed by atoms with Gasteiger partial charge in [-0.2, -0.15) is 0 Å². The minimum absolute atomic E-state index is 0.0519. The van der Waals surface area contributed by atoms with E-state index < -0.39 is 0 Å². The third-order valence-corrected chi connectivity index (χ3v) is 6.39. The number of Topliss-reactive ketones (excluding diaryl/α,β-unsaturated/α-hetero) is 1. The predicted octanol–water partition coefficient (Wildman–Crippen LogP) is 3.35. The van der Waals surface area contributed by atoms with Gasteiger partial charge in [-0.05, 0) is 0 Å². The molecule has 6 heteroatoms. The minimum atomic E-state index is -0.113. The van der Waals surface area contributed by atoms with Gasteiger partial charge >= 0.3 is 172 Å². The first-order valence-corrected chi connectivity index (χ1v) is 11.2. The molecule has 0 aliphatic carbocycles. The van der Waals surface area contributed by atoms with Gasteiger partial charge in [0.15, 0.2) is 0 Å². The van der Waals surface area contributed by atoms with Crippen LogP contribution in [-0.4, -0.2) is 45.7 Å². The zero-order valence-electron chi connectivity index (χ0n) is 16.2. The van der Waals surface area contributed by atoms with Crippen molar-refractivity contribution < 1.29 is 14.3 Å². The first kappa shape index (κ1) is 20.1. The van der Waals surface area contributed by atoms with Gasteiger partial charge < -0.3 is 0 Å². The van der Waals surface area contributed by atoms with E-state index in [2.05, 4.69) is 22.1 Å². The molecule has 5 nitrogen and oxygen atoms in total. The summed E-state index contributed by atoms with van der Waals surface area (Å²) < 4.78 is 11.5. The average Bonchev–Trinajstić information content (AvgIpc) is 2.74. The number of rotatable bonds is 8. The molecule has 0 aliphatic rings. The Kier molecular flexibility index (Phi) is 6.83. The molecule has 0 amide bonds. The second kappa shape index (κ2) is 9.52. The van der Waals surface area contributed by atoms with Crippen LogP contribution in [0.5, 0.6) is 11.8 Å². The van der Waals surface area contributed by atoms with Crippen molar-refractivity contribution in [2.24, 2.45) is 0 Å². The zero-order chi connectivity index (χ0) is 19.9. The van der Waals surface area contributed by atoms with E-state index in [1.54, 1.807) is 21.1 Å². The van der Waals surface area contributed by atoms with Crippen LogP contribution in [0.1, 0.15) is 22.8 Å². The van der Waals surface area contributed by atoms with E-state index in [9.17, 15) is 4.79 Å². The Morgan fingerprint density at radius 1 is 0.964 bits per heavy atom. The van der Waals surface area contributed by atoms with Gasteiger partial charge in [0.1, 0.15) is 0 Å². The van der Waals surface area contributed by atoms with E-state index in [1.165, 1.54) is 5.56 Å². The number of methoxy groups -OCH3 is 2. The Morgan fingerprint density at radius 3 is 2.29 bits per heavy atom. The number of hydrogen-bond acceptors (Lipinski definition) is 5. The van der Waals surface area contributed by atoms with Crippen molar-refractivity contribution in [1.29, 1.82) is 0 Å². The molecule has 0 spiro atoms. The Bertz CT molecular complexity index is 941. The van der Waals surface area contributed by atoms with Crippen molar-refractivity contribution in [3.05, 3.63) is 65.7 Å². The van der Waals surface area contributed by atoms with Crippen LogP contribution in [0.15, 0.2) is 54.6 Å². The van der Waals surface area contributed by atoms with Crippen LogP contribution < -0.4 is 14.0 Å². The van der Waals surface area contributed by atoms with Gasteiger partial charge in [-0.3, -0.25) is 0 Å². The number of aryl methyl sites for hydroxylation is 1. The Hall–Kier alpha value is -2.65. The summed E-state index contributed by atoms with van der Waals surface area (Å²) in [6, 6.07) is 18.1. The Morgan fingerprint density at radius 2 is 1.68 bits per heavy atom. The van der Waals surface area contributed by atoms with Gasteiger partial charge in [0.05, 0.1) is 0 Å². The number of carbonyl (C=O) groups excluding carboxylic acids is 1. The van der Waals surface area contributed by atoms with E-state index in [0.29, 0.717) is 11.6 Å². The standard InChI is InChI=1S/C22H22AsN2O3/c1-15(26)17-6-8-18(9-7-17)20-14-21(25-22(24-20)28-3)23-13-12-16-4-10-19(27-2)11-5-16/h4-11,14H,12-13H2,1-3H3. The summed E-state index contributed by atoms with van der Waals surface area (Å²) in [5, 5.41) is 1.06. The molecule has 28 heavy (non-hydrogen) atoms. The summed E-state index contributed by atoms with van der Waals surface area (Å²) in [5.41, 5.74) is 3.74. The monoisotopic (exact) mass is 437 g/mol. The number of nitrogens with zero attached hydrogens (tertiary/aromatic N) is 2. The summed E-state index contributed by atoms with van der Waals surface area (Å²) in [6.45, 7) is 1.56. The molecule has 0 unspecified atom stereocenters. The van der Waals surface area contributed by atoms with Crippen molar-refractivity contribution in [2.75, 3.05) is 14.2 Å². The molecule has 0 aliphatic heterocycles. The van der Waals surface area contributed by atoms with Crippen LogP contribution in [0, 0.1) is 0 Å². The Balaban J connectivity index is 1.72. The van der Waals surface area contributed by atoms with Crippen LogP contribution in [-0.2, 0) is 6.42 Å². The van der Waals surface area contributed by atoms with Crippen LogP contribution >= 0.6 is 0 Å². The zero-order valence-corrected chi connectivity index (χ0v) is 18.1. The number of ketones is 1. The van der Waals surface area contributed by atoms with Crippen LogP contribution in [0.25, 0.3) is 11.3 Å². The Labute approximate surface area is 171 Å². The summed E-state index contributed by atoms with van der Waals surface area (Å²) in [7, 11) is 3.25. The molecule has 0 fully saturated rings. The average molecular weight is 437 g/mol. The molecule has 0 saturated carbocycles. The molecule has 2 aromatic carbocycles. The summed E-state index contributed by atoms with van der Waals surface area (Å²) in [5.74, 6) is 0.925. The van der Waals surface area contributed by atoms with Gasteiger partial charge in [0, 0.05) is 0 Å². The second-order valence-corrected chi connectivity index (χ2v) is 8.77. The van der Waals surface area contributed by atoms with E-state index in [0.717, 1.165) is 33.1 Å². The first-order valence-electron chi connectivity index (χ1n) is 8.94. The molecule has 0 saturated heterocycles. The third kappa shape index (κ3) is 5.20.